The lowest BCUT2D eigenvalue weighted by atomic mass is 10.0. The molecule has 4 heteroatoms. The van der Waals surface area contributed by atoms with Gasteiger partial charge in [-0.3, -0.25) is 4.79 Å². The van der Waals surface area contributed by atoms with Crippen molar-refractivity contribution in [1.82, 2.24) is 0 Å². The van der Waals surface area contributed by atoms with Gasteiger partial charge in [-0.15, -0.1) is 0 Å². The van der Waals surface area contributed by atoms with Crippen LogP contribution in [0.1, 0.15) is 28.4 Å². The van der Waals surface area contributed by atoms with Gasteiger partial charge in [0.15, 0.2) is 0 Å². The van der Waals surface area contributed by atoms with E-state index in [1.807, 2.05) is 87.5 Å². The number of aryl methyl sites for hydroxylation is 2. The molecule has 0 aliphatic rings. The molecule has 0 aliphatic carbocycles. The van der Waals surface area contributed by atoms with E-state index in [1.165, 1.54) is 0 Å². The molecule has 1 N–H and O–H groups in total. The Hall–Kier alpha value is -3.53. The minimum atomic E-state index is -0.200. The molecule has 1 amide bonds. The molecular weight excluding hydrogens is 362 g/mol. The first-order valence-electron chi connectivity index (χ1n) is 9.71. The Morgan fingerprint density at radius 1 is 0.966 bits per heavy atom. The number of furan rings is 1. The fourth-order valence-corrected chi connectivity index (χ4v) is 3.54. The van der Waals surface area contributed by atoms with Crippen molar-refractivity contribution in [3.05, 3.63) is 83.4 Å². The Balaban J connectivity index is 1.88. The molecule has 0 saturated heterocycles. The monoisotopic (exact) mass is 385 g/mol. The van der Waals surface area contributed by atoms with E-state index in [0.717, 1.165) is 27.8 Å². The molecule has 29 heavy (non-hydrogen) atoms. The maximum atomic E-state index is 13.4. The van der Waals surface area contributed by atoms with E-state index in [1.54, 1.807) is 0 Å². The van der Waals surface area contributed by atoms with Crippen LogP contribution < -0.4 is 10.1 Å². The molecule has 3 aromatic carbocycles. The summed E-state index contributed by atoms with van der Waals surface area (Å²) in [5, 5.41) is 3.83. The van der Waals surface area contributed by atoms with E-state index in [2.05, 4.69) is 5.32 Å². The smallest absolute Gasteiger partial charge is 0.260 e. The van der Waals surface area contributed by atoms with Crippen LogP contribution in [0.3, 0.4) is 0 Å². The summed E-state index contributed by atoms with van der Waals surface area (Å²) in [6.45, 7) is 6.46. The molecule has 0 bridgehead atoms. The molecule has 4 nitrogen and oxygen atoms in total. The van der Waals surface area contributed by atoms with E-state index in [4.69, 9.17) is 9.15 Å². The number of rotatable bonds is 5. The molecule has 0 unspecified atom stereocenters. The lowest BCUT2D eigenvalue weighted by molar-refractivity contribution is 0.102. The average molecular weight is 385 g/mol. The third kappa shape index (κ3) is 3.61. The number of amides is 1. The summed E-state index contributed by atoms with van der Waals surface area (Å²) in [6, 6.07) is 21.2. The number of hydrogen-bond donors (Lipinski definition) is 1. The second-order valence-electron chi connectivity index (χ2n) is 6.98. The Labute approximate surface area is 170 Å². The number of ether oxygens (including phenoxy) is 1. The molecule has 146 valence electrons. The normalized spacial score (nSPS) is 10.9. The first-order valence-corrected chi connectivity index (χ1v) is 9.71. The summed E-state index contributed by atoms with van der Waals surface area (Å²) in [6.07, 6.45) is 0. The summed E-state index contributed by atoms with van der Waals surface area (Å²) in [5.41, 5.74) is 4.87. The van der Waals surface area contributed by atoms with Gasteiger partial charge in [0.1, 0.15) is 17.1 Å². The highest BCUT2D eigenvalue weighted by molar-refractivity contribution is 6.17. The van der Waals surface area contributed by atoms with Crippen LogP contribution in [0.25, 0.3) is 22.3 Å². The second kappa shape index (κ2) is 7.84. The molecule has 0 radical (unpaired) electrons. The highest BCUT2D eigenvalue weighted by Gasteiger charge is 2.23. The van der Waals surface area contributed by atoms with E-state index in [0.29, 0.717) is 29.3 Å². The number of para-hydroxylation sites is 1. The van der Waals surface area contributed by atoms with E-state index in [-0.39, 0.29) is 5.91 Å². The Morgan fingerprint density at radius 2 is 1.69 bits per heavy atom. The van der Waals surface area contributed by atoms with E-state index in [9.17, 15) is 4.79 Å². The van der Waals surface area contributed by atoms with Gasteiger partial charge in [0.2, 0.25) is 0 Å². The first-order chi connectivity index (χ1) is 14.1. The Morgan fingerprint density at radius 3 is 2.38 bits per heavy atom. The van der Waals surface area contributed by atoms with Gasteiger partial charge < -0.3 is 14.5 Å². The third-order valence-corrected chi connectivity index (χ3v) is 4.95. The van der Waals surface area contributed by atoms with Gasteiger partial charge in [-0.1, -0.05) is 48.5 Å². The lowest BCUT2D eigenvalue weighted by Gasteiger charge is -2.12. The minimum Gasteiger partial charge on any atom is -0.494 e. The first kappa shape index (κ1) is 18.8. The average Bonchev–Trinajstić information content (AvgIpc) is 3.10. The number of nitrogens with one attached hydrogen (secondary N) is 1. The predicted molar refractivity (Wildman–Crippen MR) is 117 cm³/mol. The number of hydrogen-bond acceptors (Lipinski definition) is 3. The standard InChI is InChI=1S/C25H23NO3/c1-4-28-19-13-14-21-20(15-19)22(24(29-21)18-11-6-5-7-12-18)25(27)26-23-16(2)9-8-10-17(23)3/h5-15H,4H2,1-3H3,(H,26,27). The van der Waals surface area contributed by atoms with Crippen LogP contribution in [0, 0.1) is 13.8 Å². The highest BCUT2D eigenvalue weighted by Crippen LogP contribution is 2.36. The van der Waals surface area contributed by atoms with Gasteiger partial charge in [-0.2, -0.15) is 0 Å². The van der Waals surface area contributed by atoms with Gasteiger partial charge in [-0.05, 0) is 50.1 Å². The van der Waals surface area contributed by atoms with Crippen LogP contribution in [-0.2, 0) is 0 Å². The van der Waals surface area contributed by atoms with Gasteiger partial charge in [-0.25, -0.2) is 0 Å². The zero-order valence-electron chi connectivity index (χ0n) is 16.8. The summed E-state index contributed by atoms with van der Waals surface area (Å²) in [4.78, 5) is 13.4. The highest BCUT2D eigenvalue weighted by atomic mass is 16.5. The molecule has 0 aliphatic heterocycles. The van der Waals surface area contributed by atoms with Crippen molar-refractivity contribution >= 4 is 22.6 Å². The van der Waals surface area contributed by atoms with Gasteiger partial charge in [0.05, 0.1) is 12.2 Å². The zero-order valence-corrected chi connectivity index (χ0v) is 16.8. The van der Waals surface area contributed by atoms with Crippen LogP contribution in [0.4, 0.5) is 5.69 Å². The maximum Gasteiger partial charge on any atom is 0.260 e. The van der Waals surface area contributed by atoms with Crippen molar-refractivity contribution in [3.8, 4) is 17.1 Å². The Bertz CT molecular complexity index is 1160. The number of carbonyl (C=O) groups is 1. The van der Waals surface area contributed by atoms with Crippen LogP contribution in [0.15, 0.2) is 71.1 Å². The second-order valence-corrected chi connectivity index (χ2v) is 6.98. The summed E-state index contributed by atoms with van der Waals surface area (Å²) >= 11 is 0. The van der Waals surface area contributed by atoms with Crippen molar-refractivity contribution in [3.63, 3.8) is 0 Å². The largest absolute Gasteiger partial charge is 0.494 e. The van der Waals surface area contributed by atoms with Crippen LogP contribution in [-0.4, -0.2) is 12.5 Å². The van der Waals surface area contributed by atoms with Crippen LogP contribution >= 0.6 is 0 Å². The molecule has 0 spiro atoms. The molecule has 1 heterocycles. The van der Waals surface area contributed by atoms with Crippen molar-refractivity contribution < 1.29 is 13.9 Å². The third-order valence-electron chi connectivity index (χ3n) is 4.95. The SMILES string of the molecule is CCOc1ccc2oc(-c3ccccc3)c(C(=O)Nc3c(C)cccc3C)c2c1. The van der Waals surface area contributed by atoms with Crippen molar-refractivity contribution in [2.24, 2.45) is 0 Å². The number of anilines is 1. The van der Waals surface area contributed by atoms with Crippen LogP contribution in [0.5, 0.6) is 5.75 Å². The fourth-order valence-electron chi connectivity index (χ4n) is 3.54. The summed E-state index contributed by atoms with van der Waals surface area (Å²) in [7, 11) is 0. The minimum absolute atomic E-state index is 0.200. The van der Waals surface area contributed by atoms with E-state index < -0.39 is 0 Å². The topological polar surface area (TPSA) is 51.5 Å². The Kier molecular flexibility index (Phi) is 5.09. The van der Waals surface area contributed by atoms with Crippen molar-refractivity contribution in [1.29, 1.82) is 0 Å². The van der Waals surface area contributed by atoms with Crippen LogP contribution in [0.2, 0.25) is 0 Å². The lowest BCUT2D eigenvalue weighted by Crippen LogP contribution is -2.14. The molecule has 0 atom stereocenters. The predicted octanol–water partition coefficient (Wildman–Crippen LogP) is 6.37. The number of benzene rings is 3. The molecule has 4 rings (SSSR count). The zero-order chi connectivity index (χ0) is 20.4. The number of fused-ring (bicyclic) bond motifs is 1. The number of carbonyl (C=O) groups excluding carboxylic acids is 1. The van der Waals surface area contributed by atoms with E-state index >= 15 is 0 Å². The molecular formula is C25H23NO3. The summed E-state index contributed by atoms with van der Waals surface area (Å²) in [5.74, 6) is 1.06. The molecule has 0 fully saturated rings. The van der Waals surface area contributed by atoms with Crippen molar-refractivity contribution in [2.75, 3.05) is 11.9 Å². The van der Waals surface area contributed by atoms with Gasteiger partial charge in [0, 0.05) is 16.6 Å². The molecule has 0 saturated carbocycles. The van der Waals surface area contributed by atoms with Gasteiger partial charge >= 0.3 is 0 Å². The molecule has 1 aromatic heterocycles. The molecule has 4 aromatic rings. The summed E-state index contributed by atoms with van der Waals surface area (Å²) < 4.78 is 11.8. The maximum absolute atomic E-state index is 13.4. The van der Waals surface area contributed by atoms with Gasteiger partial charge in [0.25, 0.3) is 5.91 Å². The van der Waals surface area contributed by atoms with Crippen molar-refractivity contribution in [2.45, 2.75) is 20.8 Å². The quantitative estimate of drug-likeness (QED) is 0.434. The fraction of sp³-hybridized carbons (Fsp3) is 0.160.